The van der Waals surface area contributed by atoms with Crippen LogP contribution in [-0.2, 0) is 6.54 Å². The van der Waals surface area contributed by atoms with Crippen LogP contribution in [0.4, 0.5) is 10.5 Å². The molecule has 2 amide bonds. The summed E-state index contributed by atoms with van der Waals surface area (Å²) in [5.41, 5.74) is 7.74. The average Bonchev–Trinajstić information content (AvgIpc) is 2.47. The number of hydrogen-bond acceptors (Lipinski definition) is 2. The van der Waals surface area contributed by atoms with Gasteiger partial charge in [0.05, 0.1) is 6.54 Å². The fourth-order valence-corrected chi connectivity index (χ4v) is 1.94. The minimum absolute atomic E-state index is 0. The van der Waals surface area contributed by atoms with Crippen LogP contribution in [0.5, 0.6) is 0 Å². The second-order valence-electron chi connectivity index (χ2n) is 5.30. The summed E-state index contributed by atoms with van der Waals surface area (Å²) < 4.78 is 0. The van der Waals surface area contributed by atoms with Gasteiger partial charge in [0.1, 0.15) is 0 Å². The van der Waals surface area contributed by atoms with Crippen LogP contribution in [0.25, 0.3) is 0 Å². The van der Waals surface area contributed by atoms with Gasteiger partial charge < -0.3 is 21.3 Å². The number of carbonyl (C=O) groups is 1. The maximum atomic E-state index is 11.6. The molecule has 0 unspecified atom stereocenters. The molecular weight excluding hydrogens is 405 g/mol. The van der Waals surface area contributed by atoms with Crippen LogP contribution in [-0.4, -0.2) is 36.0 Å². The van der Waals surface area contributed by atoms with Crippen molar-refractivity contribution in [3.63, 3.8) is 0 Å². The highest BCUT2D eigenvalue weighted by Gasteiger charge is 2.04. The van der Waals surface area contributed by atoms with Gasteiger partial charge in [-0.25, -0.2) is 9.79 Å². The number of guanidine groups is 1. The van der Waals surface area contributed by atoms with Crippen LogP contribution in [0.1, 0.15) is 33.3 Å². The van der Waals surface area contributed by atoms with Crippen LogP contribution in [0.15, 0.2) is 29.3 Å². The molecule has 0 saturated heterocycles. The number of nitrogens with two attached hydrogens (primary N) is 1. The summed E-state index contributed by atoms with van der Waals surface area (Å²) in [7, 11) is 0. The lowest BCUT2D eigenvalue weighted by molar-refractivity contribution is 0.250. The third-order valence-electron chi connectivity index (χ3n) is 3.14. The first-order valence-corrected chi connectivity index (χ1v) is 7.67. The summed E-state index contributed by atoms with van der Waals surface area (Å²) in [5, 5.41) is 5.56. The summed E-state index contributed by atoms with van der Waals surface area (Å²) in [6, 6.07) is 7.49. The zero-order valence-electron chi connectivity index (χ0n) is 14.3. The van der Waals surface area contributed by atoms with E-state index < -0.39 is 0 Å². The third kappa shape index (κ3) is 8.06. The molecule has 0 heterocycles. The smallest absolute Gasteiger partial charge is 0.319 e. The fourth-order valence-electron chi connectivity index (χ4n) is 1.94. The highest BCUT2D eigenvalue weighted by atomic mass is 127. The number of anilines is 1. The van der Waals surface area contributed by atoms with Crippen LogP contribution >= 0.6 is 24.0 Å². The number of benzene rings is 1. The minimum Gasteiger partial charge on any atom is -0.370 e. The second-order valence-corrected chi connectivity index (χ2v) is 5.30. The Morgan fingerprint density at radius 1 is 1.22 bits per heavy atom. The number of halogens is 1. The predicted octanol–water partition coefficient (Wildman–Crippen LogP) is 2.99. The molecule has 4 N–H and O–H groups in total. The molecule has 0 atom stereocenters. The van der Waals surface area contributed by atoms with Crippen LogP contribution in [0, 0.1) is 0 Å². The maximum Gasteiger partial charge on any atom is 0.319 e. The van der Waals surface area contributed by atoms with Crippen molar-refractivity contribution in [2.75, 3.05) is 18.4 Å². The molecule has 0 aliphatic rings. The number of hydrogen-bond donors (Lipinski definition) is 3. The van der Waals surface area contributed by atoms with Gasteiger partial charge in [0.2, 0.25) is 0 Å². The van der Waals surface area contributed by atoms with Gasteiger partial charge >= 0.3 is 6.03 Å². The molecule has 0 spiro atoms. The van der Waals surface area contributed by atoms with Gasteiger partial charge in [0.15, 0.2) is 5.96 Å². The Hall–Kier alpha value is -1.51. The summed E-state index contributed by atoms with van der Waals surface area (Å²) in [6.07, 6.45) is 0. The Balaban J connectivity index is 0.00000484. The number of nitrogens with one attached hydrogen (secondary N) is 2. The number of carbonyl (C=O) groups excluding carboxylic acids is 1. The highest BCUT2D eigenvalue weighted by molar-refractivity contribution is 14.0. The SMILES string of the molecule is CCN(CC)C(N)=NCc1ccc(NC(=O)NC(C)C)cc1.I. The van der Waals surface area contributed by atoms with Crippen molar-refractivity contribution in [3.8, 4) is 0 Å². The van der Waals surface area contributed by atoms with Crippen molar-refractivity contribution in [1.82, 2.24) is 10.2 Å². The molecule has 1 aromatic carbocycles. The standard InChI is InChI=1S/C16H27N5O.HI/c1-5-21(6-2)15(17)18-11-13-7-9-14(10-8-13)20-16(22)19-12(3)4;/h7-10,12H,5-6,11H2,1-4H3,(H2,17,18)(H2,19,20,22);1H. The van der Waals surface area contributed by atoms with Crippen LogP contribution < -0.4 is 16.4 Å². The van der Waals surface area contributed by atoms with E-state index in [1.807, 2.05) is 43.0 Å². The zero-order chi connectivity index (χ0) is 16.5. The Morgan fingerprint density at radius 3 is 2.26 bits per heavy atom. The van der Waals surface area contributed by atoms with Crippen molar-refractivity contribution >= 4 is 41.7 Å². The molecule has 0 fully saturated rings. The van der Waals surface area contributed by atoms with Crippen molar-refractivity contribution in [3.05, 3.63) is 29.8 Å². The van der Waals surface area contributed by atoms with Crippen molar-refractivity contribution in [1.29, 1.82) is 0 Å². The van der Waals surface area contributed by atoms with E-state index in [-0.39, 0.29) is 36.0 Å². The van der Waals surface area contributed by atoms with Gasteiger partial charge in [-0.15, -0.1) is 24.0 Å². The largest absolute Gasteiger partial charge is 0.370 e. The molecule has 7 heteroatoms. The molecule has 1 aromatic rings. The van der Waals surface area contributed by atoms with Crippen LogP contribution in [0.3, 0.4) is 0 Å². The Kier molecular flexibility index (Phi) is 10.4. The monoisotopic (exact) mass is 433 g/mol. The molecule has 0 radical (unpaired) electrons. The van der Waals surface area contributed by atoms with Gasteiger partial charge in [-0.2, -0.15) is 0 Å². The van der Waals surface area contributed by atoms with E-state index in [2.05, 4.69) is 29.5 Å². The highest BCUT2D eigenvalue weighted by Crippen LogP contribution is 2.10. The fraction of sp³-hybridized carbons (Fsp3) is 0.500. The molecule has 130 valence electrons. The second kappa shape index (κ2) is 11.1. The van der Waals surface area contributed by atoms with Crippen molar-refractivity contribution in [2.45, 2.75) is 40.3 Å². The van der Waals surface area contributed by atoms with E-state index in [4.69, 9.17) is 5.73 Å². The first-order chi connectivity index (χ1) is 10.5. The summed E-state index contributed by atoms with van der Waals surface area (Å²) in [5.74, 6) is 0.559. The molecule has 0 aliphatic carbocycles. The van der Waals surface area contributed by atoms with Crippen LogP contribution in [0.2, 0.25) is 0 Å². The minimum atomic E-state index is -0.202. The predicted molar refractivity (Wildman–Crippen MR) is 107 cm³/mol. The number of urea groups is 1. The molecule has 23 heavy (non-hydrogen) atoms. The maximum absolute atomic E-state index is 11.6. The molecule has 1 rings (SSSR count). The average molecular weight is 433 g/mol. The first-order valence-electron chi connectivity index (χ1n) is 7.67. The van der Waals surface area contributed by atoms with Gasteiger partial charge in [-0.3, -0.25) is 0 Å². The van der Waals surface area contributed by atoms with E-state index in [1.54, 1.807) is 0 Å². The summed E-state index contributed by atoms with van der Waals surface area (Å²) >= 11 is 0. The summed E-state index contributed by atoms with van der Waals surface area (Å²) in [4.78, 5) is 18.0. The normalized spacial score (nSPS) is 10.9. The lowest BCUT2D eigenvalue weighted by Gasteiger charge is -2.19. The molecule has 0 aliphatic heterocycles. The Bertz CT molecular complexity index is 498. The molecule has 0 bridgehead atoms. The molecular formula is C16H28IN5O. The number of rotatable bonds is 6. The van der Waals surface area contributed by atoms with E-state index in [0.717, 1.165) is 24.3 Å². The number of aliphatic imine (C=N–C) groups is 1. The van der Waals surface area contributed by atoms with Crippen molar-refractivity contribution in [2.24, 2.45) is 10.7 Å². The topological polar surface area (TPSA) is 82.8 Å². The molecule has 0 aromatic heterocycles. The van der Waals surface area contributed by atoms with Gasteiger partial charge in [-0.1, -0.05) is 12.1 Å². The lowest BCUT2D eigenvalue weighted by Crippen LogP contribution is -2.37. The van der Waals surface area contributed by atoms with Crippen molar-refractivity contribution < 1.29 is 4.79 Å². The Morgan fingerprint density at radius 2 is 1.78 bits per heavy atom. The third-order valence-corrected chi connectivity index (χ3v) is 3.14. The first kappa shape index (κ1) is 21.5. The van der Waals surface area contributed by atoms with Gasteiger partial charge in [0, 0.05) is 24.8 Å². The summed E-state index contributed by atoms with van der Waals surface area (Å²) in [6.45, 7) is 10.2. The van der Waals surface area contributed by atoms with Gasteiger partial charge in [0.25, 0.3) is 0 Å². The van der Waals surface area contributed by atoms with E-state index in [0.29, 0.717) is 12.5 Å². The lowest BCUT2D eigenvalue weighted by atomic mass is 10.2. The molecule has 0 saturated carbocycles. The zero-order valence-corrected chi connectivity index (χ0v) is 16.6. The van der Waals surface area contributed by atoms with E-state index in [9.17, 15) is 4.79 Å². The molecule has 6 nitrogen and oxygen atoms in total. The van der Waals surface area contributed by atoms with E-state index >= 15 is 0 Å². The number of nitrogens with zero attached hydrogens (tertiary/aromatic N) is 2. The quantitative estimate of drug-likeness (QED) is 0.367. The number of amides is 2. The van der Waals surface area contributed by atoms with Gasteiger partial charge in [-0.05, 0) is 45.4 Å². The Labute approximate surface area is 155 Å². The van der Waals surface area contributed by atoms with E-state index in [1.165, 1.54) is 0 Å².